The van der Waals surface area contributed by atoms with Gasteiger partial charge in [-0.2, -0.15) is 0 Å². The Morgan fingerprint density at radius 3 is 2.76 bits per heavy atom. The van der Waals surface area contributed by atoms with E-state index >= 15 is 0 Å². The lowest BCUT2D eigenvalue weighted by atomic mass is 9.76. The van der Waals surface area contributed by atoms with Crippen molar-refractivity contribution in [3.05, 3.63) is 56.7 Å². The molecule has 2 aromatic carbocycles. The van der Waals surface area contributed by atoms with Gasteiger partial charge in [-0.25, -0.2) is 0 Å². The molecule has 4 rings (SSSR count). The SMILES string of the molecule is NC1CCc2c(ccc(O)c2O)C1CCCCCCCNCCc1ccc2[nH]c(=O)sc2c1. The number of aromatic nitrogens is 1. The molecule has 6 nitrogen and oxygen atoms in total. The van der Waals surface area contributed by atoms with Crippen LogP contribution in [0.5, 0.6) is 11.5 Å². The van der Waals surface area contributed by atoms with E-state index in [4.69, 9.17) is 5.73 Å². The maximum atomic E-state index is 11.4. The highest BCUT2D eigenvalue weighted by molar-refractivity contribution is 7.16. The third-order valence-corrected chi connectivity index (χ3v) is 7.73. The van der Waals surface area contributed by atoms with Crippen molar-refractivity contribution < 1.29 is 10.2 Å². The molecular weight excluding hydrogens is 434 g/mol. The number of aromatic hydroxyl groups is 2. The standard InChI is InChI=1S/C26H35N3O3S/c27-21-10-8-20-18(9-12-23(30)25(20)31)19(21)6-4-2-1-3-5-14-28-15-13-17-7-11-22-24(16-17)33-26(32)29-22/h7,9,11-12,16,19,21,28,30-31H,1-6,8,10,13-15,27H2,(H,29,32). The molecule has 0 radical (unpaired) electrons. The molecule has 0 fully saturated rings. The number of benzene rings is 2. The van der Waals surface area contributed by atoms with Crippen LogP contribution in [0.3, 0.4) is 0 Å². The van der Waals surface area contributed by atoms with E-state index in [2.05, 4.69) is 22.4 Å². The molecule has 6 N–H and O–H groups in total. The lowest BCUT2D eigenvalue weighted by Gasteiger charge is -2.32. The van der Waals surface area contributed by atoms with Gasteiger partial charge in [-0.3, -0.25) is 4.79 Å². The molecule has 1 aliphatic carbocycles. The van der Waals surface area contributed by atoms with E-state index in [1.165, 1.54) is 42.6 Å². The van der Waals surface area contributed by atoms with Crippen molar-refractivity contribution in [2.75, 3.05) is 13.1 Å². The number of rotatable bonds is 11. The minimum absolute atomic E-state index is 0.00580. The highest BCUT2D eigenvalue weighted by Crippen LogP contribution is 2.42. The average molecular weight is 470 g/mol. The summed E-state index contributed by atoms with van der Waals surface area (Å²) >= 11 is 1.27. The first-order valence-corrected chi connectivity index (χ1v) is 13.0. The molecule has 0 amide bonds. The van der Waals surface area contributed by atoms with Crippen LogP contribution in [0.2, 0.25) is 0 Å². The number of hydrogen-bond acceptors (Lipinski definition) is 6. The summed E-state index contributed by atoms with van der Waals surface area (Å²) in [6.45, 7) is 1.98. The minimum Gasteiger partial charge on any atom is -0.504 e. The zero-order chi connectivity index (χ0) is 23.2. The monoisotopic (exact) mass is 469 g/mol. The number of thiazole rings is 1. The Morgan fingerprint density at radius 2 is 1.88 bits per heavy atom. The number of nitrogens with two attached hydrogens (primary N) is 1. The Balaban J connectivity index is 1.09. The number of nitrogens with one attached hydrogen (secondary N) is 2. The van der Waals surface area contributed by atoms with Gasteiger partial charge in [-0.05, 0) is 80.4 Å². The van der Waals surface area contributed by atoms with Crippen LogP contribution in [0.15, 0.2) is 35.1 Å². The lowest BCUT2D eigenvalue weighted by molar-refractivity contribution is 0.380. The van der Waals surface area contributed by atoms with E-state index in [1.807, 2.05) is 12.1 Å². The summed E-state index contributed by atoms with van der Waals surface area (Å²) in [6.07, 6.45) is 9.57. The van der Waals surface area contributed by atoms with Crippen LogP contribution in [0, 0.1) is 0 Å². The summed E-state index contributed by atoms with van der Waals surface area (Å²) in [4.78, 5) is 14.3. The van der Waals surface area contributed by atoms with Gasteiger partial charge in [0, 0.05) is 11.6 Å². The van der Waals surface area contributed by atoms with Crippen molar-refractivity contribution in [3.63, 3.8) is 0 Å². The van der Waals surface area contributed by atoms with E-state index in [-0.39, 0.29) is 28.3 Å². The fourth-order valence-corrected chi connectivity index (χ4v) is 5.81. The van der Waals surface area contributed by atoms with Crippen molar-refractivity contribution in [2.45, 2.75) is 69.7 Å². The van der Waals surface area contributed by atoms with Crippen molar-refractivity contribution in [3.8, 4) is 11.5 Å². The number of phenols is 2. The van der Waals surface area contributed by atoms with Crippen LogP contribution >= 0.6 is 11.3 Å². The van der Waals surface area contributed by atoms with E-state index in [0.29, 0.717) is 0 Å². The highest BCUT2D eigenvalue weighted by Gasteiger charge is 2.29. The maximum absolute atomic E-state index is 11.4. The van der Waals surface area contributed by atoms with E-state index in [0.717, 1.165) is 66.5 Å². The van der Waals surface area contributed by atoms with Gasteiger partial charge in [-0.15, -0.1) is 0 Å². The van der Waals surface area contributed by atoms with Gasteiger partial charge in [0.15, 0.2) is 11.5 Å². The Labute approximate surface area is 198 Å². The van der Waals surface area contributed by atoms with Gasteiger partial charge in [0.2, 0.25) is 0 Å². The number of fused-ring (bicyclic) bond motifs is 2. The van der Waals surface area contributed by atoms with Gasteiger partial charge in [0.25, 0.3) is 0 Å². The molecular formula is C26H35N3O3S. The first kappa shape index (κ1) is 23.8. The van der Waals surface area contributed by atoms with Gasteiger partial charge >= 0.3 is 4.87 Å². The first-order chi connectivity index (χ1) is 16.0. The molecule has 0 saturated carbocycles. The minimum atomic E-state index is -0.0309. The molecule has 3 aromatic rings. The molecule has 0 spiro atoms. The smallest absolute Gasteiger partial charge is 0.305 e. The van der Waals surface area contributed by atoms with Crippen molar-refractivity contribution >= 4 is 21.6 Å². The van der Waals surface area contributed by atoms with Crippen LogP contribution in [0.1, 0.15) is 67.6 Å². The Hall–Kier alpha value is -2.35. The zero-order valence-electron chi connectivity index (χ0n) is 19.1. The van der Waals surface area contributed by atoms with Crippen molar-refractivity contribution in [2.24, 2.45) is 5.73 Å². The third kappa shape index (κ3) is 5.96. The third-order valence-electron chi connectivity index (χ3n) is 6.89. The second-order valence-corrected chi connectivity index (χ2v) is 10.2. The topological polar surface area (TPSA) is 111 Å². The molecule has 0 aliphatic heterocycles. The van der Waals surface area contributed by atoms with Crippen molar-refractivity contribution in [1.29, 1.82) is 0 Å². The molecule has 0 bridgehead atoms. The second-order valence-electron chi connectivity index (χ2n) is 9.21. The quantitative estimate of drug-likeness (QED) is 0.209. The molecule has 1 heterocycles. The van der Waals surface area contributed by atoms with Crippen LogP contribution < -0.4 is 15.9 Å². The van der Waals surface area contributed by atoms with Crippen LogP contribution in [0.4, 0.5) is 0 Å². The van der Waals surface area contributed by atoms with Gasteiger partial charge < -0.3 is 26.2 Å². The molecule has 1 aliphatic rings. The maximum Gasteiger partial charge on any atom is 0.305 e. The molecule has 33 heavy (non-hydrogen) atoms. The number of phenolic OH excluding ortho intramolecular Hbond substituents is 2. The average Bonchev–Trinajstić information content (AvgIpc) is 3.18. The fraction of sp³-hybridized carbons (Fsp3) is 0.500. The summed E-state index contributed by atoms with van der Waals surface area (Å²) in [5.41, 5.74) is 10.6. The van der Waals surface area contributed by atoms with E-state index < -0.39 is 0 Å². The summed E-state index contributed by atoms with van der Waals surface area (Å²) in [5, 5.41) is 23.5. The number of unbranched alkanes of at least 4 members (excludes halogenated alkanes) is 4. The number of H-pyrrole nitrogens is 1. The number of aromatic amines is 1. The second kappa shape index (κ2) is 11.2. The largest absolute Gasteiger partial charge is 0.504 e. The summed E-state index contributed by atoms with van der Waals surface area (Å²) < 4.78 is 1.03. The van der Waals surface area contributed by atoms with Crippen molar-refractivity contribution in [1.82, 2.24) is 10.3 Å². The van der Waals surface area contributed by atoms with Gasteiger partial charge in [0.05, 0.1) is 10.2 Å². The molecule has 1 aromatic heterocycles. The van der Waals surface area contributed by atoms with E-state index in [1.54, 1.807) is 6.07 Å². The predicted molar refractivity (Wildman–Crippen MR) is 136 cm³/mol. The molecule has 178 valence electrons. The lowest BCUT2D eigenvalue weighted by Crippen LogP contribution is -2.33. The summed E-state index contributed by atoms with van der Waals surface area (Å²) in [7, 11) is 0. The van der Waals surface area contributed by atoms with Gasteiger partial charge in [-0.1, -0.05) is 49.2 Å². The Kier molecular flexibility index (Phi) is 8.06. The van der Waals surface area contributed by atoms with Crippen LogP contribution in [-0.4, -0.2) is 34.3 Å². The summed E-state index contributed by atoms with van der Waals surface area (Å²) in [5.74, 6) is 0.282. The number of hydrogen-bond donors (Lipinski definition) is 5. The summed E-state index contributed by atoms with van der Waals surface area (Å²) in [6, 6.07) is 9.86. The predicted octanol–water partition coefficient (Wildman–Crippen LogP) is 4.53. The highest BCUT2D eigenvalue weighted by atomic mass is 32.1. The molecule has 0 saturated heterocycles. The van der Waals surface area contributed by atoms with E-state index in [9.17, 15) is 15.0 Å². The van der Waals surface area contributed by atoms with Crippen LogP contribution in [0.25, 0.3) is 10.2 Å². The molecule has 7 heteroatoms. The van der Waals surface area contributed by atoms with Crippen LogP contribution in [-0.2, 0) is 12.8 Å². The zero-order valence-corrected chi connectivity index (χ0v) is 19.9. The molecule has 2 unspecified atom stereocenters. The van der Waals surface area contributed by atoms with Gasteiger partial charge in [0.1, 0.15) is 0 Å². The normalized spacial score (nSPS) is 18.0. The Morgan fingerprint density at radius 1 is 1.06 bits per heavy atom. The first-order valence-electron chi connectivity index (χ1n) is 12.1. The fourth-order valence-electron chi connectivity index (χ4n) is 5.01. The Bertz CT molecular complexity index is 1120. The molecule has 2 atom stereocenters.